The largest absolute Gasteiger partial charge is 0.396 e. The predicted octanol–water partition coefficient (Wildman–Crippen LogP) is 3.49. The lowest BCUT2D eigenvalue weighted by molar-refractivity contribution is 0.196. The summed E-state index contributed by atoms with van der Waals surface area (Å²) in [4.78, 5) is 0. The van der Waals surface area contributed by atoms with Crippen molar-refractivity contribution in [1.82, 2.24) is 5.32 Å². The Morgan fingerprint density at radius 2 is 1.95 bits per heavy atom. The molecule has 1 aliphatic carbocycles. The van der Waals surface area contributed by atoms with E-state index in [1.165, 1.54) is 24.8 Å². The fraction of sp³-hybridized carbons (Fsp3) is 0.667. The van der Waals surface area contributed by atoms with Gasteiger partial charge < -0.3 is 10.4 Å². The van der Waals surface area contributed by atoms with E-state index in [1.807, 2.05) is 0 Å². The summed E-state index contributed by atoms with van der Waals surface area (Å²) >= 11 is 0. The third-order valence-corrected chi connectivity index (χ3v) is 4.76. The summed E-state index contributed by atoms with van der Waals surface area (Å²) in [5.74, 6) is 0.456. The van der Waals surface area contributed by atoms with Gasteiger partial charge >= 0.3 is 0 Å². The van der Waals surface area contributed by atoms with E-state index in [0.717, 1.165) is 6.42 Å². The number of rotatable bonds is 6. The molecule has 1 aromatic carbocycles. The molecule has 2 heteroatoms. The molecule has 1 aromatic rings. The van der Waals surface area contributed by atoms with E-state index >= 15 is 0 Å². The van der Waals surface area contributed by atoms with Gasteiger partial charge in [-0.3, -0.25) is 0 Å². The molecule has 112 valence electrons. The molecule has 1 aliphatic rings. The molecule has 0 aromatic heterocycles. The number of hydrogen-bond acceptors (Lipinski definition) is 2. The molecule has 0 saturated heterocycles. The van der Waals surface area contributed by atoms with Crippen molar-refractivity contribution in [1.29, 1.82) is 0 Å². The SMILES string of the molecule is CC(CC(C)(C)c1ccccc1)NC1CCCC1CO. The molecule has 0 spiro atoms. The van der Waals surface area contributed by atoms with Crippen LogP contribution in [-0.2, 0) is 5.41 Å². The van der Waals surface area contributed by atoms with E-state index in [9.17, 15) is 5.11 Å². The summed E-state index contributed by atoms with van der Waals surface area (Å²) in [7, 11) is 0. The number of aliphatic hydroxyl groups excluding tert-OH is 1. The molecule has 0 heterocycles. The zero-order valence-electron chi connectivity index (χ0n) is 13.1. The van der Waals surface area contributed by atoms with Crippen LogP contribution in [0.3, 0.4) is 0 Å². The average Bonchev–Trinajstić information content (AvgIpc) is 2.86. The van der Waals surface area contributed by atoms with Gasteiger partial charge in [-0.1, -0.05) is 50.6 Å². The molecule has 0 radical (unpaired) electrons. The molecule has 0 amide bonds. The summed E-state index contributed by atoms with van der Waals surface area (Å²) in [6, 6.07) is 11.7. The smallest absolute Gasteiger partial charge is 0.0474 e. The van der Waals surface area contributed by atoms with E-state index in [1.54, 1.807) is 0 Å². The summed E-state index contributed by atoms with van der Waals surface area (Å²) in [6.07, 6.45) is 4.74. The van der Waals surface area contributed by atoms with Crippen molar-refractivity contribution in [2.45, 2.75) is 64.0 Å². The molecule has 3 unspecified atom stereocenters. The van der Waals surface area contributed by atoms with E-state index < -0.39 is 0 Å². The monoisotopic (exact) mass is 275 g/mol. The molecule has 2 rings (SSSR count). The zero-order valence-corrected chi connectivity index (χ0v) is 13.1. The third kappa shape index (κ3) is 3.83. The molecular formula is C18H29NO. The summed E-state index contributed by atoms with van der Waals surface area (Å²) < 4.78 is 0. The van der Waals surface area contributed by atoms with Gasteiger partial charge in [-0.05, 0) is 43.1 Å². The highest BCUT2D eigenvalue weighted by Crippen LogP contribution is 2.30. The standard InChI is InChI=1S/C18H29NO/c1-14(19-17-11-7-8-15(17)13-20)12-18(2,3)16-9-5-4-6-10-16/h4-6,9-10,14-15,17,19-20H,7-8,11-13H2,1-3H3. The maximum atomic E-state index is 9.42. The molecule has 20 heavy (non-hydrogen) atoms. The van der Waals surface area contributed by atoms with Crippen LogP contribution >= 0.6 is 0 Å². The van der Waals surface area contributed by atoms with E-state index in [-0.39, 0.29) is 5.41 Å². The molecule has 0 bridgehead atoms. The van der Waals surface area contributed by atoms with Crippen LogP contribution in [0.15, 0.2) is 30.3 Å². The van der Waals surface area contributed by atoms with Gasteiger partial charge in [0.25, 0.3) is 0 Å². The summed E-state index contributed by atoms with van der Waals surface area (Å²) in [5.41, 5.74) is 1.58. The van der Waals surface area contributed by atoms with Crippen LogP contribution in [0.4, 0.5) is 0 Å². The lowest BCUT2D eigenvalue weighted by Gasteiger charge is -2.32. The van der Waals surface area contributed by atoms with Crippen molar-refractivity contribution in [3.05, 3.63) is 35.9 Å². The Bertz CT molecular complexity index is 401. The van der Waals surface area contributed by atoms with Crippen LogP contribution in [0.5, 0.6) is 0 Å². The highest BCUT2D eigenvalue weighted by Gasteiger charge is 2.29. The second-order valence-corrected chi connectivity index (χ2v) is 7.00. The Balaban J connectivity index is 1.92. The first-order chi connectivity index (χ1) is 9.53. The fourth-order valence-corrected chi connectivity index (χ4v) is 3.67. The first-order valence-electron chi connectivity index (χ1n) is 7.95. The first-order valence-corrected chi connectivity index (χ1v) is 7.95. The summed E-state index contributed by atoms with van der Waals surface area (Å²) in [5, 5.41) is 13.2. The van der Waals surface area contributed by atoms with Crippen molar-refractivity contribution in [2.24, 2.45) is 5.92 Å². The second-order valence-electron chi connectivity index (χ2n) is 7.00. The lowest BCUT2D eigenvalue weighted by Crippen LogP contribution is -2.42. The van der Waals surface area contributed by atoms with Crippen LogP contribution in [0.25, 0.3) is 0 Å². The number of benzene rings is 1. The Morgan fingerprint density at radius 3 is 2.60 bits per heavy atom. The average molecular weight is 275 g/mol. The molecule has 2 N–H and O–H groups in total. The van der Waals surface area contributed by atoms with Gasteiger partial charge in [-0.25, -0.2) is 0 Å². The molecule has 0 aliphatic heterocycles. The van der Waals surface area contributed by atoms with Gasteiger partial charge in [0.05, 0.1) is 0 Å². The molecule has 1 fully saturated rings. The highest BCUT2D eigenvalue weighted by atomic mass is 16.3. The van der Waals surface area contributed by atoms with E-state index in [4.69, 9.17) is 0 Å². The van der Waals surface area contributed by atoms with Gasteiger partial charge in [0.1, 0.15) is 0 Å². The minimum atomic E-state index is 0.182. The Kier molecular flexibility index (Phi) is 5.22. The maximum Gasteiger partial charge on any atom is 0.0474 e. The third-order valence-electron chi connectivity index (χ3n) is 4.76. The van der Waals surface area contributed by atoms with Crippen molar-refractivity contribution < 1.29 is 5.11 Å². The number of aliphatic hydroxyl groups is 1. The quantitative estimate of drug-likeness (QED) is 0.833. The van der Waals surface area contributed by atoms with Crippen LogP contribution in [0.2, 0.25) is 0 Å². The first kappa shape index (κ1) is 15.5. The molecule has 1 saturated carbocycles. The Hall–Kier alpha value is -0.860. The Morgan fingerprint density at radius 1 is 1.25 bits per heavy atom. The van der Waals surface area contributed by atoms with Crippen molar-refractivity contribution in [2.75, 3.05) is 6.61 Å². The normalized spacial score (nSPS) is 24.8. The van der Waals surface area contributed by atoms with E-state index in [2.05, 4.69) is 56.4 Å². The van der Waals surface area contributed by atoms with Gasteiger partial charge in [0.15, 0.2) is 0 Å². The maximum absolute atomic E-state index is 9.42. The lowest BCUT2D eigenvalue weighted by atomic mass is 9.79. The van der Waals surface area contributed by atoms with Gasteiger partial charge in [-0.15, -0.1) is 0 Å². The van der Waals surface area contributed by atoms with Crippen LogP contribution in [-0.4, -0.2) is 23.8 Å². The summed E-state index contributed by atoms with van der Waals surface area (Å²) in [6.45, 7) is 7.24. The zero-order chi connectivity index (χ0) is 14.6. The van der Waals surface area contributed by atoms with Crippen molar-refractivity contribution >= 4 is 0 Å². The van der Waals surface area contributed by atoms with Crippen molar-refractivity contribution in [3.63, 3.8) is 0 Å². The minimum Gasteiger partial charge on any atom is -0.396 e. The van der Waals surface area contributed by atoms with Gasteiger partial charge in [0.2, 0.25) is 0 Å². The van der Waals surface area contributed by atoms with Gasteiger partial charge in [0, 0.05) is 18.7 Å². The van der Waals surface area contributed by atoms with Crippen LogP contribution < -0.4 is 5.32 Å². The van der Waals surface area contributed by atoms with Gasteiger partial charge in [-0.2, -0.15) is 0 Å². The van der Waals surface area contributed by atoms with Crippen LogP contribution in [0, 0.1) is 5.92 Å². The molecule has 2 nitrogen and oxygen atoms in total. The number of nitrogens with one attached hydrogen (secondary N) is 1. The van der Waals surface area contributed by atoms with E-state index in [0.29, 0.717) is 24.6 Å². The predicted molar refractivity (Wildman–Crippen MR) is 84.9 cm³/mol. The Labute approximate surface area is 123 Å². The number of hydrogen-bond donors (Lipinski definition) is 2. The highest BCUT2D eigenvalue weighted by molar-refractivity contribution is 5.23. The molecule has 3 atom stereocenters. The molecular weight excluding hydrogens is 246 g/mol. The second kappa shape index (κ2) is 6.73. The fourth-order valence-electron chi connectivity index (χ4n) is 3.67. The van der Waals surface area contributed by atoms with Crippen molar-refractivity contribution in [3.8, 4) is 0 Å². The minimum absolute atomic E-state index is 0.182. The van der Waals surface area contributed by atoms with Crippen LogP contribution in [0.1, 0.15) is 52.0 Å². The topological polar surface area (TPSA) is 32.3 Å².